The van der Waals surface area contributed by atoms with Crippen LogP contribution >= 0.6 is 11.6 Å². The molecule has 0 heterocycles. The summed E-state index contributed by atoms with van der Waals surface area (Å²) in [6.07, 6.45) is 0.704. The highest BCUT2D eigenvalue weighted by Crippen LogP contribution is 2.32. The van der Waals surface area contributed by atoms with E-state index in [0.717, 1.165) is 16.9 Å². The first kappa shape index (κ1) is 14.9. The van der Waals surface area contributed by atoms with Gasteiger partial charge in [0.25, 0.3) is 0 Å². The predicted octanol–water partition coefficient (Wildman–Crippen LogP) is 3.84. The minimum absolute atomic E-state index is 0.0622. The minimum Gasteiger partial charge on any atom is -0.496 e. The van der Waals surface area contributed by atoms with Gasteiger partial charge in [0.15, 0.2) is 0 Å². The van der Waals surface area contributed by atoms with Gasteiger partial charge in [-0.1, -0.05) is 48.9 Å². The van der Waals surface area contributed by atoms with Gasteiger partial charge in [0.1, 0.15) is 5.75 Å². The topological polar surface area (TPSA) is 29.5 Å². The van der Waals surface area contributed by atoms with Crippen molar-refractivity contribution in [3.63, 3.8) is 0 Å². The number of aliphatic hydroxyl groups is 1. The summed E-state index contributed by atoms with van der Waals surface area (Å²) >= 11 is 5.93. The molecule has 0 aliphatic carbocycles. The Morgan fingerprint density at radius 2 is 1.75 bits per heavy atom. The lowest BCUT2D eigenvalue weighted by Crippen LogP contribution is -2.29. The van der Waals surface area contributed by atoms with Gasteiger partial charge in [-0.25, -0.2) is 0 Å². The maximum atomic E-state index is 9.86. The van der Waals surface area contributed by atoms with Crippen LogP contribution in [0, 0.1) is 0 Å². The van der Waals surface area contributed by atoms with Gasteiger partial charge in [0, 0.05) is 10.4 Å². The Balaban J connectivity index is 2.34. The van der Waals surface area contributed by atoms with Crippen LogP contribution in [0.25, 0.3) is 0 Å². The molecule has 1 N–H and O–H groups in total. The fourth-order valence-electron chi connectivity index (χ4n) is 2.37. The summed E-state index contributed by atoms with van der Waals surface area (Å²) in [5.41, 5.74) is 1.79. The molecule has 1 atom stereocenters. The van der Waals surface area contributed by atoms with Crippen LogP contribution < -0.4 is 4.74 Å². The number of hydrogen-bond donors (Lipinski definition) is 1. The average molecular weight is 291 g/mol. The molecule has 0 aliphatic heterocycles. The second kappa shape index (κ2) is 6.29. The molecule has 106 valence electrons. The number of para-hydroxylation sites is 1. The van der Waals surface area contributed by atoms with E-state index in [1.165, 1.54) is 0 Å². The largest absolute Gasteiger partial charge is 0.496 e. The van der Waals surface area contributed by atoms with Crippen LogP contribution in [-0.4, -0.2) is 18.8 Å². The monoisotopic (exact) mass is 290 g/mol. The van der Waals surface area contributed by atoms with Gasteiger partial charge in [-0.15, -0.1) is 0 Å². The number of benzene rings is 2. The van der Waals surface area contributed by atoms with E-state index >= 15 is 0 Å². The van der Waals surface area contributed by atoms with Crippen LogP contribution in [0.1, 0.15) is 18.1 Å². The van der Waals surface area contributed by atoms with Crippen LogP contribution in [0.4, 0.5) is 0 Å². The van der Waals surface area contributed by atoms with Gasteiger partial charge >= 0.3 is 0 Å². The van der Waals surface area contributed by atoms with Crippen LogP contribution in [0.3, 0.4) is 0 Å². The Hall–Kier alpha value is -1.51. The van der Waals surface area contributed by atoms with E-state index in [1.54, 1.807) is 7.11 Å². The van der Waals surface area contributed by atoms with E-state index < -0.39 is 0 Å². The molecule has 2 rings (SSSR count). The molecule has 0 aromatic heterocycles. The van der Waals surface area contributed by atoms with E-state index in [4.69, 9.17) is 16.3 Å². The molecule has 0 fully saturated rings. The SMILES string of the molecule is COc1ccccc1CC(C)(CO)c1ccc(Cl)cc1. The highest BCUT2D eigenvalue weighted by atomic mass is 35.5. The second-order valence-electron chi connectivity index (χ2n) is 5.21. The Labute approximate surface area is 125 Å². The third-order valence-electron chi connectivity index (χ3n) is 3.66. The zero-order valence-corrected chi connectivity index (χ0v) is 12.5. The molecule has 2 aromatic rings. The van der Waals surface area contributed by atoms with Crippen molar-refractivity contribution in [1.29, 1.82) is 0 Å². The molecule has 1 unspecified atom stereocenters. The van der Waals surface area contributed by atoms with Crippen LogP contribution in [0.5, 0.6) is 5.75 Å². The summed E-state index contributed by atoms with van der Waals surface area (Å²) in [5.74, 6) is 0.848. The minimum atomic E-state index is -0.362. The zero-order valence-electron chi connectivity index (χ0n) is 11.8. The lowest BCUT2D eigenvalue weighted by Gasteiger charge is -2.29. The molecule has 2 nitrogen and oxygen atoms in total. The third-order valence-corrected chi connectivity index (χ3v) is 3.92. The molecule has 0 spiro atoms. The van der Waals surface area contributed by atoms with E-state index in [2.05, 4.69) is 0 Å². The van der Waals surface area contributed by atoms with Gasteiger partial charge in [0.05, 0.1) is 13.7 Å². The molecule has 0 saturated carbocycles. The Morgan fingerprint density at radius 3 is 2.35 bits per heavy atom. The fraction of sp³-hybridized carbons (Fsp3) is 0.294. The van der Waals surface area contributed by atoms with Gasteiger partial charge in [0.2, 0.25) is 0 Å². The van der Waals surface area contributed by atoms with Crippen molar-refractivity contribution in [3.8, 4) is 5.75 Å². The van der Waals surface area contributed by atoms with Gasteiger partial charge in [-0.05, 0) is 35.7 Å². The first-order valence-corrected chi connectivity index (χ1v) is 6.95. The van der Waals surface area contributed by atoms with Crippen molar-refractivity contribution in [3.05, 3.63) is 64.7 Å². The Kier molecular flexibility index (Phi) is 4.69. The van der Waals surface area contributed by atoms with Crippen molar-refractivity contribution < 1.29 is 9.84 Å². The lowest BCUT2D eigenvalue weighted by atomic mass is 9.78. The van der Waals surface area contributed by atoms with E-state index in [1.807, 2.05) is 55.5 Å². The molecule has 0 radical (unpaired) electrons. The third kappa shape index (κ3) is 3.14. The maximum Gasteiger partial charge on any atom is 0.122 e. The standard InChI is InChI=1S/C17H19ClO2/c1-17(12-19,14-7-9-15(18)10-8-14)11-13-5-3-4-6-16(13)20-2/h3-10,19H,11-12H2,1-2H3. The average Bonchev–Trinajstić information content (AvgIpc) is 2.48. The highest BCUT2D eigenvalue weighted by Gasteiger charge is 2.27. The van der Waals surface area contributed by atoms with Crippen LogP contribution in [-0.2, 0) is 11.8 Å². The number of rotatable bonds is 5. The second-order valence-corrected chi connectivity index (χ2v) is 5.65. The molecule has 0 amide bonds. The molecule has 20 heavy (non-hydrogen) atoms. The molecule has 0 aliphatic rings. The van der Waals surface area contributed by atoms with Crippen LogP contribution in [0.15, 0.2) is 48.5 Å². The molecule has 0 saturated heterocycles. The normalized spacial score (nSPS) is 13.8. The Bertz CT molecular complexity index is 565. The van der Waals surface area contributed by atoms with Crippen molar-refractivity contribution in [2.24, 2.45) is 0 Å². The maximum absolute atomic E-state index is 9.86. The van der Waals surface area contributed by atoms with E-state index in [9.17, 15) is 5.11 Å². The summed E-state index contributed by atoms with van der Waals surface area (Å²) in [6, 6.07) is 15.5. The highest BCUT2D eigenvalue weighted by molar-refractivity contribution is 6.30. The number of aliphatic hydroxyl groups excluding tert-OH is 1. The quantitative estimate of drug-likeness (QED) is 0.906. The predicted molar refractivity (Wildman–Crippen MR) is 82.6 cm³/mol. The van der Waals surface area contributed by atoms with Crippen molar-refractivity contribution in [2.45, 2.75) is 18.8 Å². The number of hydrogen-bond acceptors (Lipinski definition) is 2. The summed E-state index contributed by atoms with van der Waals surface area (Å²) in [6.45, 7) is 2.11. The molecular weight excluding hydrogens is 272 g/mol. The van der Waals surface area contributed by atoms with Crippen molar-refractivity contribution >= 4 is 11.6 Å². The summed E-state index contributed by atoms with van der Waals surface area (Å²) in [4.78, 5) is 0. The lowest BCUT2D eigenvalue weighted by molar-refractivity contribution is 0.203. The molecular formula is C17H19ClO2. The van der Waals surface area contributed by atoms with Crippen molar-refractivity contribution in [2.75, 3.05) is 13.7 Å². The van der Waals surface area contributed by atoms with Crippen LogP contribution in [0.2, 0.25) is 5.02 Å². The number of ether oxygens (including phenoxy) is 1. The summed E-state index contributed by atoms with van der Waals surface area (Å²) < 4.78 is 5.39. The van der Waals surface area contributed by atoms with Gasteiger partial charge < -0.3 is 9.84 Å². The first-order valence-electron chi connectivity index (χ1n) is 6.58. The Morgan fingerprint density at radius 1 is 1.10 bits per heavy atom. The molecule has 0 bridgehead atoms. The molecule has 2 aromatic carbocycles. The van der Waals surface area contributed by atoms with E-state index in [0.29, 0.717) is 11.4 Å². The fourth-order valence-corrected chi connectivity index (χ4v) is 2.50. The number of methoxy groups -OCH3 is 1. The van der Waals surface area contributed by atoms with Gasteiger partial charge in [-0.2, -0.15) is 0 Å². The van der Waals surface area contributed by atoms with Crippen molar-refractivity contribution in [1.82, 2.24) is 0 Å². The number of halogens is 1. The van der Waals surface area contributed by atoms with Gasteiger partial charge in [-0.3, -0.25) is 0 Å². The summed E-state index contributed by atoms with van der Waals surface area (Å²) in [7, 11) is 1.66. The smallest absolute Gasteiger partial charge is 0.122 e. The first-order chi connectivity index (χ1) is 9.59. The zero-order chi connectivity index (χ0) is 14.6. The molecule has 3 heteroatoms. The van der Waals surface area contributed by atoms with E-state index in [-0.39, 0.29) is 12.0 Å². The summed E-state index contributed by atoms with van der Waals surface area (Å²) in [5, 5.41) is 10.6.